The minimum absolute atomic E-state index is 0.00388. The molecule has 0 unspecified atom stereocenters. The van der Waals surface area contributed by atoms with Crippen molar-refractivity contribution in [2.75, 3.05) is 18.4 Å². The van der Waals surface area contributed by atoms with Gasteiger partial charge in [-0.3, -0.25) is 9.59 Å². The van der Waals surface area contributed by atoms with E-state index in [1.807, 2.05) is 0 Å². The Labute approximate surface area is 168 Å². The number of benzene rings is 2. The summed E-state index contributed by atoms with van der Waals surface area (Å²) in [6.07, 6.45) is 1.85. The zero-order chi connectivity index (χ0) is 20.1. The summed E-state index contributed by atoms with van der Waals surface area (Å²) in [6, 6.07) is 12.5. The Morgan fingerprint density at radius 3 is 2.39 bits per heavy atom. The van der Waals surface area contributed by atoms with E-state index in [0.717, 1.165) is 12.8 Å². The predicted octanol–water partition coefficient (Wildman–Crippen LogP) is 2.40. The Morgan fingerprint density at radius 1 is 1.04 bits per heavy atom. The fourth-order valence-corrected chi connectivity index (χ4v) is 3.81. The maximum atomic E-state index is 12.2. The standard InChI is InChI=1S/C19H20ClN3O4S/c20-15-2-1-3-17(12-15)28(26,27)22-11-10-21-18(24)13-6-8-16(9-7-13)23-19(25)14-4-5-14/h1-3,6-9,12,14,22H,4-5,10-11H2,(H,21,24)(H,23,25). The molecule has 1 saturated carbocycles. The Bertz CT molecular complexity index is 973. The molecule has 0 bridgehead atoms. The summed E-state index contributed by atoms with van der Waals surface area (Å²) in [7, 11) is -3.69. The average molecular weight is 422 g/mol. The molecule has 7 nitrogen and oxygen atoms in total. The number of hydrogen-bond donors (Lipinski definition) is 3. The van der Waals surface area contributed by atoms with Crippen LogP contribution in [0.15, 0.2) is 53.4 Å². The molecule has 0 radical (unpaired) electrons. The third-order valence-electron chi connectivity index (χ3n) is 4.17. The first-order chi connectivity index (χ1) is 13.3. The van der Waals surface area contributed by atoms with Gasteiger partial charge in [-0.1, -0.05) is 17.7 Å². The van der Waals surface area contributed by atoms with Gasteiger partial charge in [0.05, 0.1) is 4.90 Å². The lowest BCUT2D eigenvalue weighted by Gasteiger charge is -2.09. The van der Waals surface area contributed by atoms with Crippen LogP contribution in [0.5, 0.6) is 0 Å². The summed E-state index contributed by atoms with van der Waals surface area (Å²) in [5.74, 6) is -0.218. The van der Waals surface area contributed by atoms with Crippen molar-refractivity contribution in [3.63, 3.8) is 0 Å². The average Bonchev–Trinajstić information content (AvgIpc) is 3.51. The van der Waals surface area contributed by atoms with Gasteiger partial charge in [-0.2, -0.15) is 0 Å². The number of carbonyl (C=O) groups excluding carboxylic acids is 2. The molecule has 148 valence electrons. The molecule has 1 fully saturated rings. The molecule has 0 heterocycles. The highest BCUT2D eigenvalue weighted by molar-refractivity contribution is 7.89. The molecule has 3 rings (SSSR count). The van der Waals surface area contributed by atoms with Gasteiger partial charge in [-0.15, -0.1) is 0 Å². The van der Waals surface area contributed by atoms with Crippen molar-refractivity contribution in [3.05, 3.63) is 59.1 Å². The maximum Gasteiger partial charge on any atom is 0.251 e. The van der Waals surface area contributed by atoms with Gasteiger partial charge >= 0.3 is 0 Å². The third kappa shape index (κ3) is 5.54. The quantitative estimate of drug-likeness (QED) is 0.569. The number of anilines is 1. The van der Waals surface area contributed by atoms with E-state index in [4.69, 9.17) is 11.6 Å². The molecular formula is C19H20ClN3O4S. The van der Waals surface area contributed by atoms with Gasteiger partial charge in [0.25, 0.3) is 5.91 Å². The lowest BCUT2D eigenvalue weighted by molar-refractivity contribution is -0.117. The molecule has 0 spiro atoms. The van der Waals surface area contributed by atoms with Crippen LogP contribution in [-0.4, -0.2) is 33.3 Å². The van der Waals surface area contributed by atoms with Crippen molar-refractivity contribution in [2.24, 2.45) is 5.92 Å². The summed E-state index contributed by atoms with van der Waals surface area (Å²) in [5, 5.41) is 5.77. The number of sulfonamides is 1. The molecule has 3 N–H and O–H groups in total. The van der Waals surface area contributed by atoms with Gasteiger partial charge in [-0.05, 0) is 55.3 Å². The summed E-state index contributed by atoms with van der Waals surface area (Å²) >= 11 is 5.81. The normalized spacial score (nSPS) is 13.8. The SMILES string of the molecule is O=C(NCCNS(=O)(=O)c1cccc(Cl)c1)c1ccc(NC(=O)C2CC2)cc1. The molecule has 0 atom stereocenters. The second kappa shape index (κ2) is 8.72. The Hall–Kier alpha value is -2.42. The first-order valence-electron chi connectivity index (χ1n) is 8.79. The Morgan fingerprint density at radius 2 is 1.75 bits per heavy atom. The Balaban J connectivity index is 1.45. The summed E-state index contributed by atoms with van der Waals surface area (Å²) < 4.78 is 26.7. The molecule has 28 heavy (non-hydrogen) atoms. The van der Waals surface area contributed by atoms with E-state index in [1.54, 1.807) is 36.4 Å². The van der Waals surface area contributed by atoms with Crippen molar-refractivity contribution in [3.8, 4) is 0 Å². The highest BCUT2D eigenvalue weighted by atomic mass is 35.5. The highest BCUT2D eigenvalue weighted by Gasteiger charge is 2.29. The number of hydrogen-bond acceptors (Lipinski definition) is 4. The second-order valence-electron chi connectivity index (χ2n) is 6.45. The van der Waals surface area contributed by atoms with Gasteiger partial charge in [0.2, 0.25) is 15.9 Å². The van der Waals surface area contributed by atoms with E-state index < -0.39 is 10.0 Å². The van der Waals surface area contributed by atoms with Gasteiger partial charge in [0, 0.05) is 35.3 Å². The molecule has 2 aromatic carbocycles. The van der Waals surface area contributed by atoms with Gasteiger partial charge in [0.1, 0.15) is 0 Å². The van der Waals surface area contributed by atoms with Crippen molar-refractivity contribution in [1.29, 1.82) is 0 Å². The van der Waals surface area contributed by atoms with Crippen LogP contribution in [0.4, 0.5) is 5.69 Å². The molecule has 9 heteroatoms. The number of rotatable bonds is 8. The van der Waals surface area contributed by atoms with Crippen LogP contribution in [0.25, 0.3) is 0 Å². The van der Waals surface area contributed by atoms with E-state index in [1.165, 1.54) is 12.1 Å². The monoisotopic (exact) mass is 421 g/mol. The van der Waals surface area contributed by atoms with E-state index in [-0.39, 0.29) is 35.7 Å². The van der Waals surface area contributed by atoms with Gasteiger partial charge in [0.15, 0.2) is 0 Å². The molecule has 0 saturated heterocycles. The minimum atomic E-state index is -3.69. The first-order valence-corrected chi connectivity index (χ1v) is 10.7. The molecule has 2 aromatic rings. The fraction of sp³-hybridized carbons (Fsp3) is 0.263. The smallest absolute Gasteiger partial charge is 0.251 e. The zero-order valence-corrected chi connectivity index (χ0v) is 16.5. The van der Waals surface area contributed by atoms with E-state index in [0.29, 0.717) is 16.3 Å². The molecule has 0 aliphatic heterocycles. The number of halogens is 1. The molecule has 1 aliphatic carbocycles. The van der Waals surface area contributed by atoms with Crippen LogP contribution < -0.4 is 15.4 Å². The predicted molar refractivity (Wildman–Crippen MR) is 107 cm³/mol. The van der Waals surface area contributed by atoms with Crippen molar-refractivity contribution < 1.29 is 18.0 Å². The molecular weight excluding hydrogens is 402 g/mol. The summed E-state index contributed by atoms with van der Waals surface area (Å²) in [4.78, 5) is 23.9. The number of carbonyl (C=O) groups is 2. The lowest BCUT2D eigenvalue weighted by atomic mass is 10.2. The fourth-order valence-electron chi connectivity index (χ4n) is 2.48. The van der Waals surface area contributed by atoms with E-state index >= 15 is 0 Å². The maximum absolute atomic E-state index is 12.2. The van der Waals surface area contributed by atoms with E-state index in [2.05, 4.69) is 15.4 Å². The highest BCUT2D eigenvalue weighted by Crippen LogP contribution is 2.30. The summed E-state index contributed by atoms with van der Waals surface area (Å²) in [6.45, 7) is 0.162. The van der Waals surface area contributed by atoms with Crippen LogP contribution in [0.3, 0.4) is 0 Å². The number of nitrogens with one attached hydrogen (secondary N) is 3. The van der Waals surface area contributed by atoms with Crippen LogP contribution in [-0.2, 0) is 14.8 Å². The van der Waals surface area contributed by atoms with Crippen molar-refractivity contribution >= 4 is 39.1 Å². The first kappa shape index (κ1) is 20.3. The number of amides is 2. The molecule has 2 amide bonds. The topological polar surface area (TPSA) is 104 Å². The second-order valence-corrected chi connectivity index (χ2v) is 8.66. The van der Waals surface area contributed by atoms with Crippen LogP contribution in [0, 0.1) is 5.92 Å². The minimum Gasteiger partial charge on any atom is -0.351 e. The summed E-state index contributed by atoms with van der Waals surface area (Å²) in [5.41, 5.74) is 1.06. The van der Waals surface area contributed by atoms with Crippen LogP contribution in [0.1, 0.15) is 23.2 Å². The zero-order valence-electron chi connectivity index (χ0n) is 14.9. The van der Waals surface area contributed by atoms with E-state index in [9.17, 15) is 18.0 Å². The van der Waals surface area contributed by atoms with Crippen molar-refractivity contribution in [1.82, 2.24) is 10.0 Å². The van der Waals surface area contributed by atoms with Crippen LogP contribution >= 0.6 is 11.6 Å². The van der Waals surface area contributed by atoms with Gasteiger partial charge in [-0.25, -0.2) is 13.1 Å². The lowest BCUT2D eigenvalue weighted by Crippen LogP contribution is -2.34. The largest absolute Gasteiger partial charge is 0.351 e. The molecule has 0 aromatic heterocycles. The molecule has 1 aliphatic rings. The Kier molecular flexibility index (Phi) is 6.33. The van der Waals surface area contributed by atoms with Crippen LogP contribution in [0.2, 0.25) is 5.02 Å². The third-order valence-corrected chi connectivity index (χ3v) is 5.87. The van der Waals surface area contributed by atoms with Crippen molar-refractivity contribution in [2.45, 2.75) is 17.7 Å². The van der Waals surface area contributed by atoms with Gasteiger partial charge < -0.3 is 10.6 Å².